The molecule has 1 aromatic heterocycles. The van der Waals surface area contributed by atoms with Crippen LogP contribution in [0, 0.1) is 11.3 Å². The summed E-state index contributed by atoms with van der Waals surface area (Å²) in [5, 5.41) is 9.84. The Kier molecular flexibility index (Phi) is 4.42. The summed E-state index contributed by atoms with van der Waals surface area (Å²) in [5.74, 6) is 0.242. The average Bonchev–Trinajstić information content (AvgIpc) is 2.92. The van der Waals surface area contributed by atoms with Crippen molar-refractivity contribution < 1.29 is 18.7 Å². The molecule has 0 spiro atoms. The molecule has 0 radical (unpaired) electrons. The number of fused-ring (bicyclic) bond motifs is 1. The van der Waals surface area contributed by atoms with Crippen LogP contribution < -0.4 is 4.74 Å². The number of para-hydroxylation sites is 1. The Morgan fingerprint density at radius 2 is 2.33 bits per heavy atom. The first kappa shape index (κ1) is 14.4. The molecule has 0 saturated heterocycles. The Balaban J connectivity index is 2.37. The lowest BCUT2D eigenvalue weighted by atomic mass is 10.2. The van der Waals surface area contributed by atoms with E-state index in [1.165, 1.54) is 12.2 Å². The van der Waals surface area contributed by atoms with Crippen molar-refractivity contribution in [3.8, 4) is 11.8 Å². The van der Waals surface area contributed by atoms with Gasteiger partial charge in [0.25, 0.3) is 0 Å². The van der Waals surface area contributed by atoms with Crippen LogP contribution in [0.5, 0.6) is 5.75 Å². The van der Waals surface area contributed by atoms with Crippen LogP contribution in [0.1, 0.15) is 5.76 Å². The number of rotatable bonds is 5. The minimum atomic E-state index is -0.718. The van der Waals surface area contributed by atoms with Gasteiger partial charge in [0, 0.05) is 11.5 Å². The van der Waals surface area contributed by atoms with Gasteiger partial charge in [-0.05, 0) is 12.1 Å². The Bertz CT molecular complexity index is 749. The first-order valence-corrected chi connectivity index (χ1v) is 6.16. The topological polar surface area (TPSA) is 72.5 Å². The summed E-state index contributed by atoms with van der Waals surface area (Å²) in [6.45, 7) is 3.49. The van der Waals surface area contributed by atoms with Gasteiger partial charge in [-0.15, -0.1) is 0 Å². The second kappa shape index (κ2) is 6.44. The van der Waals surface area contributed by atoms with E-state index in [0.29, 0.717) is 17.1 Å². The third-order valence-corrected chi connectivity index (χ3v) is 2.71. The Morgan fingerprint density at radius 3 is 3.00 bits per heavy atom. The van der Waals surface area contributed by atoms with E-state index in [1.54, 1.807) is 25.3 Å². The molecule has 2 aromatic rings. The summed E-state index contributed by atoms with van der Waals surface area (Å²) in [6, 6.07) is 8.95. The number of nitrogens with zero attached hydrogens (tertiary/aromatic N) is 1. The van der Waals surface area contributed by atoms with E-state index in [9.17, 15) is 4.79 Å². The van der Waals surface area contributed by atoms with Crippen LogP contribution in [0.2, 0.25) is 0 Å². The number of nitriles is 1. The Morgan fingerprint density at radius 1 is 1.52 bits per heavy atom. The van der Waals surface area contributed by atoms with Crippen molar-refractivity contribution in [1.29, 1.82) is 5.26 Å². The largest absolute Gasteiger partial charge is 0.493 e. The molecule has 0 atom stereocenters. The normalized spacial score (nSPS) is 11.0. The van der Waals surface area contributed by atoms with Gasteiger partial charge in [0.2, 0.25) is 0 Å². The highest BCUT2D eigenvalue weighted by Crippen LogP contribution is 2.29. The second-order valence-electron chi connectivity index (χ2n) is 4.08. The first-order chi connectivity index (χ1) is 10.2. The molecule has 0 saturated carbocycles. The fraction of sp³-hybridized carbons (Fsp3) is 0.125. The van der Waals surface area contributed by atoms with Crippen LogP contribution in [0.3, 0.4) is 0 Å². The molecule has 0 bridgehead atoms. The molecule has 5 nitrogen and oxygen atoms in total. The van der Waals surface area contributed by atoms with E-state index < -0.39 is 5.97 Å². The number of hydrogen-bond acceptors (Lipinski definition) is 5. The summed E-state index contributed by atoms with van der Waals surface area (Å²) >= 11 is 0. The smallest absolute Gasteiger partial charge is 0.349 e. The summed E-state index contributed by atoms with van der Waals surface area (Å²) in [5.41, 5.74) is 0.415. The number of furan rings is 1. The van der Waals surface area contributed by atoms with E-state index in [-0.39, 0.29) is 12.2 Å². The van der Waals surface area contributed by atoms with Gasteiger partial charge in [-0.1, -0.05) is 24.8 Å². The molecule has 5 heteroatoms. The molecule has 106 valence electrons. The molecule has 0 N–H and O–H groups in total. The SMILES string of the molecule is C=CCOC(=O)/C(C#N)=C/c1cc2cccc(OC)c2o1. The lowest BCUT2D eigenvalue weighted by Crippen LogP contribution is -2.06. The number of carbonyl (C=O) groups excluding carboxylic acids is 1. The van der Waals surface area contributed by atoms with Crippen LogP contribution in [0.15, 0.2) is 46.9 Å². The van der Waals surface area contributed by atoms with Crippen LogP contribution in [-0.2, 0) is 9.53 Å². The molecule has 0 aliphatic carbocycles. The number of benzene rings is 1. The number of hydrogen-bond donors (Lipinski definition) is 0. The fourth-order valence-electron chi connectivity index (χ4n) is 1.78. The minimum Gasteiger partial charge on any atom is -0.493 e. The maximum absolute atomic E-state index is 11.6. The van der Waals surface area contributed by atoms with Crippen LogP contribution in [0.4, 0.5) is 0 Å². The van der Waals surface area contributed by atoms with Crippen LogP contribution in [-0.4, -0.2) is 19.7 Å². The maximum Gasteiger partial charge on any atom is 0.349 e. The highest BCUT2D eigenvalue weighted by atomic mass is 16.5. The number of esters is 1. The molecule has 0 unspecified atom stereocenters. The summed E-state index contributed by atoms with van der Waals surface area (Å²) in [6.07, 6.45) is 2.77. The molecule has 0 amide bonds. The van der Waals surface area contributed by atoms with E-state index in [0.717, 1.165) is 5.39 Å². The highest BCUT2D eigenvalue weighted by molar-refractivity contribution is 5.98. The van der Waals surface area contributed by atoms with Gasteiger partial charge in [-0.3, -0.25) is 0 Å². The molecule has 0 aliphatic rings. The van der Waals surface area contributed by atoms with E-state index in [4.69, 9.17) is 19.2 Å². The minimum absolute atomic E-state index is 0.0474. The van der Waals surface area contributed by atoms with Crippen molar-refractivity contribution in [1.82, 2.24) is 0 Å². The molecule has 0 fully saturated rings. The molecule has 1 heterocycles. The van der Waals surface area contributed by atoms with Gasteiger partial charge in [-0.25, -0.2) is 4.79 Å². The first-order valence-electron chi connectivity index (χ1n) is 6.16. The fourth-order valence-corrected chi connectivity index (χ4v) is 1.78. The van der Waals surface area contributed by atoms with Gasteiger partial charge in [0.1, 0.15) is 24.0 Å². The monoisotopic (exact) mass is 283 g/mol. The van der Waals surface area contributed by atoms with Crippen molar-refractivity contribution in [2.75, 3.05) is 13.7 Å². The third kappa shape index (κ3) is 3.12. The quantitative estimate of drug-likeness (QED) is 0.365. The second-order valence-corrected chi connectivity index (χ2v) is 4.08. The summed E-state index contributed by atoms with van der Waals surface area (Å²) < 4.78 is 15.6. The molecular weight excluding hydrogens is 270 g/mol. The van der Waals surface area contributed by atoms with E-state index >= 15 is 0 Å². The van der Waals surface area contributed by atoms with Gasteiger partial charge >= 0.3 is 5.97 Å². The predicted molar refractivity (Wildman–Crippen MR) is 77.5 cm³/mol. The van der Waals surface area contributed by atoms with Gasteiger partial charge in [-0.2, -0.15) is 5.26 Å². The van der Waals surface area contributed by atoms with Crippen molar-refractivity contribution in [2.45, 2.75) is 0 Å². The molecule has 1 aromatic carbocycles. The van der Waals surface area contributed by atoms with Gasteiger partial charge in [0.15, 0.2) is 11.3 Å². The van der Waals surface area contributed by atoms with Gasteiger partial charge < -0.3 is 13.9 Å². The van der Waals surface area contributed by atoms with E-state index in [2.05, 4.69) is 6.58 Å². The van der Waals surface area contributed by atoms with Crippen molar-refractivity contribution >= 4 is 23.0 Å². The highest BCUT2D eigenvalue weighted by Gasteiger charge is 2.13. The van der Waals surface area contributed by atoms with Crippen LogP contribution >= 0.6 is 0 Å². The van der Waals surface area contributed by atoms with Crippen LogP contribution in [0.25, 0.3) is 17.0 Å². The lowest BCUT2D eigenvalue weighted by molar-refractivity contribution is -0.137. The Hall–Kier alpha value is -3.00. The number of ether oxygens (including phenoxy) is 2. The van der Waals surface area contributed by atoms with Gasteiger partial charge in [0.05, 0.1) is 7.11 Å². The standard InChI is InChI=1S/C16H13NO4/c1-3-7-20-16(18)12(10-17)9-13-8-11-5-4-6-14(19-2)15(11)21-13/h3-6,8-9H,1,7H2,2H3/b12-9+. The summed E-state index contributed by atoms with van der Waals surface area (Å²) in [4.78, 5) is 11.6. The predicted octanol–water partition coefficient (Wildman–Crippen LogP) is 3.08. The van der Waals surface area contributed by atoms with Crippen molar-refractivity contribution in [3.63, 3.8) is 0 Å². The van der Waals surface area contributed by atoms with Crippen molar-refractivity contribution in [2.24, 2.45) is 0 Å². The molecule has 0 aliphatic heterocycles. The zero-order valence-electron chi connectivity index (χ0n) is 11.5. The third-order valence-electron chi connectivity index (χ3n) is 2.71. The molecular formula is C16H13NO4. The summed E-state index contributed by atoms with van der Waals surface area (Å²) in [7, 11) is 1.54. The lowest BCUT2D eigenvalue weighted by Gasteiger charge is -1.99. The average molecular weight is 283 g/mol. The number of methoxy groups -OCH3 is 1. The molecule has 2 rings (SSSR count). The zero-order chi connectivity index (χ0) is 15.2. The maximum atomic E-state index is 11.6. The zero-order valence-corrected chi connectivity index (χ0v) is 11.5. The molecule has 21 heavy (non-hydrogen) atoms. The number of carbonyl (C=O) groups is 1. The van der Waals surface area contributed by atoms with E-state index in [1.807, 2.05) is 12.1 Å². The Labute approximate surface area is 121 Å². The van der Waals surface area contributed by atoms with Crippen molar-refractivity contribution in [3.05, 3.63) is 48.3 Å².